The van der Waals surface area contributed by atoms with Gasteiger partial charge < -0.3 is 10.7 Å². The fourth-order valence-electron chi connectivity index (χ4n) is 1.09. The Kier molecular flexibility index (Phi) is 2.22. The highest BCUT2D eigenvalue weighted by Gasteiger charge is 2.20. The summed E-state index contributed by atoms with van der Waals surface area (Å²) in [5.41, 5.74) is 0.892. The topological polar surface area (TPSA) is 35.9 Å². The van der Waals surface area contributed by atoms with Gasteiger partial charge in [0, 0.05) is 12.3 Å². The van der Waals surface area contributed by atoms with E-state index >= 15 is 0 Å². The quantitative estimate of drug-likeness (QED) is 0.544. The van der Waals surface area contributed by atoms with Crippen LogP contribution in [0.4, 0.5) is 0 Å². The van der Waals surface area contributed by atoms with Crippen molar-refractivity contribution in [1.82, 2.24) is 5.32 Å². The molecule has 1 aliphatic rings. The second-order valence-electron chi connectivity index (χ2n) is 2.68. The largest absolute Gasteiger partial charge is 0.315 e. The van der Waals surface area contributed by atoms with Crippen molar-refractivity contribution in [1.29, 1.82) is 5.41 Å². The molecule has 9 heavy (non-hydrogen) atoms. The summed E-state index contributed by atoms with van der Waals surface area (Å²) in [5, 5.41) is 10.5. The Morgan fingerprint density at radius 2 is 2.33 bits per heavy atom. The molecule has 0 aromatic rings. The molecular weight excluding hydrogens is 112 g/mol. The predicted molar refractivity (Wildman–Crippen MR) is 39.0 cm³/mol. The third kappa shape index (κ3) is 1.52. The van der Waals surface area contributed by atoms with Crippen LogP contribution in [0.15, 0.2) is 0 Å². The Morgan fingerprint density at radius 3 is 2.67 bits per heavy atom. The summed E-state index contributed by atoms with van der Waals surface area (Å²) in [6.07, 6.45) is 3.83. The molecule has 0 aliphatic heterocycles. The van der Waals surface area contributed by atoms with E-state index in [1.807, 2.05) is 7.05 Å². The number of rotatable bonds is 3. The smallest absolute Gasteiger partial charge is 0.0332 e. The Morgan fingerprint density at radius 1 is 1.67 bits per heavy atom. The fraction of sp³-hybridized carbons (Fsp3) is 0.857. The van der Waals surface area contributed by atoms with Crippen LogP contribution >= 0.6 is 0 Å². The molecule has 0 amide bonds. The maximum atomic E-state index is 7.48. The molecule has 0 spiro atoms. The summed E-state index contributed by atoms with van der Waals surface area (Å²) in [6.45, 7) is 0.782. The van der Waals surface area contributed by atoms with Gasteiger partial charge in [0.25, 0.3) is 0 Å². The summed E-state index contributed by atoms with van der Waals surface area (Å²) in [6, 6.07) is 0. The molecule has 0 radical (unpaired) electrons. The van der Waals surface area contributed by atoms with Gasteiger partial charge in [-0.15, -0.1) is 0 Å². The highest BCUT2D eigenvalue weighted by molar-refractivity contribution is 5.86. The standard InChI is InChI=1S/C7H14N2/c1-9-5-7(8)6-3-2-4-6/h6,8-9H,2-5H2,1H3. The van der Waals surface area contributed by atoms with E-state index in [9.17, 15) is 0 Å². The lowest BCUT2D eigenvalue weighted by Gasteiger charge is -2.25. The van der Waals surface area contributed by atoms with Crippen LogP contribution in [-0.4, -0.2) is 19.3 Å². The average molecular weight is 126 g/mol. The van der Waals surface area contributed by atoms with Gasteiger partial charge in [0.2, 0.25) is 0 Å². The van der Waals surface area contributed by atoms with E-state index in [-0.39, 0.29) is 0 Å². The number of hydrogen-bond acceptors (Lipinski definition) is 2. The first-order valence-corrected chi connectivity index (χ1v) is 3.56. The van der Waals surface area contributed by atoms with Gasteiger partial charge in [-0.05, 0) is 25.8 Å². The first-order chi connectivity index (χ1) is 4.34. The molecule has 0 atom stereocenters. The van der Waals surface area contributed by atoms with E-state index in [1.54, 1.807) is 0 Å². The molecule has 0 unspecified atom stereocenters. The van der Waals surface area contributed by atoms with Gasteiger partial charge in [-0.3, -0.25) is 0 Å². The molecule has 2 nitrogen and oxygen atoms in total. The fourth-order valence-corrected chi connectivity index (χ4v) is 1.09. The summed E-state index contributed by atoms with van der Waals surface area (Å²) < 4.78 is 0. The Hall–Kier alpha value is -0.370. The van der Waals surface area contributed by atoms with Crippen molar-refractivity contribution < 1.29 is 0 Å². The van der Waals surface area contributed by atoms with Crippen molar-refractivity contribution in [3.05, 3.63) is 0 Å². The van der Waals surface area contributed by atoms with Crippen LogP contribution in [0.3, 0.4) is 0 Å². The zero-order chi connectivity index (χ0) is 6.69. The molecular formula is C7H14N2. The number of hydrogen-bond donors (Lipinski definition) is 2. The summed E-state index contributed by atoms with van der Waals surface area (Å²) in [4.78, 5) is 0. The SMILES string of the molecule is CNCC(=N)C1CCC1. The highest BCUT2D eigenvalue weighted by Crippen LogP contribution is 2.26. The maximum Gasteiger partial charge on any atom is 0.0332 e. The number of nitrogens with one attached hydrogen (secondary N) is 2. The van der Waals surface area contributed by atoms with E-state index < -0.39 is 0 Å². The van der Waals surface area contributed by atoms with E-state index in [1.165, 1.54) is 19.3 Å². The van der Waals surface area contributed by atoms with Gasteiger partial charge in [-0.2, -0.15) is 0 Å². The van der Waals surface area contributed by atoms with Gasteiger partial charge in [-0.25, -0.2) is 0 Å². The van der Waals surface area contributed by atoms with E-state index in [2.05, 4.69) is 5.32 Å². The van der Waals surface area contributed by atoms with Gasteiger partial charge >= 0.3 is 0 Å². The Balaban J connectivity index is 2.16. The summed E-state index contributed by atoms with van der Waals surface area (Å²) >= 11 is 0. The van der Waals surface area contributed by atoms with Crippen molar-refractivity contribution in [3.8, 4) is 0 Å². The van der Waals surface area contributed by atoms with E-state index in [4.69, 9.17) is 5.41 Å². The minimum Gasteiger partial charge on any atom is -0.315 e. The minimum atomic E-state index is 0.623. The predicted octanol–water partition coefficient (Wildman–Crippen LogP) is 1.03. The molecule has 52 valence electrons. The molecule has 0 bridgehead atoms. The molecule has 0 saturated heterocycles. The first-order valence-electron chi connectivity index (χ1n) is 3.56. The monoisotopic (exact) mass is 126 g/mol. The maximum absolute atomic E-state index is 7.48. The van der Waals surface area contributed by atoms with E-state index in [0.29, 0.717) is 5.92 Å². The normalized spacial score (nSPS) is 19.2. The zero-order valence-electron chi connectivity index (χ0n) is 5.91. The zero-order valence-corrected chi connectivity index (χ0v) is 5.91. The molecule has 0 aromatic heterocycles. The molecule has 2 heteroatoms. The van der Waals surface area contributed by atoms with Crippen LogP contribution in [0.1, 0.15) is 19.3 Å². The first kappa shape index (κ1) is 6.75. The molecule has 1 fully saturated rings. The molecule has 1 aliphatic carbocycles. The van der Waals surface area contributed by atoms with Crippen molar-refractivity contribution in [2.75, 3.05) is 13.6 Å². The lowest BCUT2D eigenvalue weighted by atomic mass is 9.82. The molecule has 2 N–H and O–H groups in total. The van der Waals surface area contributed by atoms with Crippen LogP contribution in [0.5, 0.6) is 0 Å². The third-order valence-corrected chi connectivity index (χ3v) is 1.97. The van der Waals surface area contributed by atoms with Crippen LogP contribution in [0, 0.1) is 11.3 Å². The van der Waals surface area contributed by atoms with Gasteiger partial charge in [0.1, 0.15) is 0 Å². The van der Waals surface area contributed by atoms with E-state index in [0.717, 1.165) is 12.3 Å². The molecule has 0 heterocycles. The minimum absolute atomic E-state index is 0.623. The van der Waals surface area contributed by atoms with Crippen molar-refractivity contribution in [3.63, 3.8) is 0 Å². The van der Waals surface area contributed by atoms with Gasteiger partial charge in [0.05, 0.1) is 0 Å². The lowest BCUT2D eigenvalue weighted by Crippen LogP contribution is -2.29. The lowest BCUT2D eigenvalue weighted by molar-refractivity contribution is 0.407. The van der Waals surface area contributed by atoms with Gasteiger partial charge in [-0.1, -0.05) is 6.42 Å². The summed E-state index contributed by atoms with van der Waals surface area (Å²) in [7, 11) is 1.90. The second kappa shape index (κ2) is 2.97. The summed E-state index contributed by atoms with van der Waals surface area (Å²) in [5.74, 6) is 0.623. The molecule has 1 saturated carbocycles. The van der Waals surface area contributed by atoms with Crippen LogP contribution in [-0.2, 0) is 0 Å². The van der Waals surface area contributed by atoms with Crippen molar-refractivity contribution >= 4 is 5.71 Å². The van der Waals surface area contributed by atoms with Crippen molar-refractivity contribution in [2.45, 2.75) is 19.3 Å². The van der Waals surface area contributed by atoms with Crippen LogP contribution in [0.25, 0.3) is 0 Å². The molecule has 1 rings (SSSR count). The Labute approximate surface area is 56.2 Å². The highest BCUT2D eigenvalue weighted by atomic mass is 14.8. The van der Waals surface area contributed by atoms with Crippen molar-refractivity contribution in [2.24, 2.45) is 5.92 Å². The Bertz CT molecular complexity index is 105. The third-order valence-electron chi connectivity index (χ3n) is 1.97. The van der Waals surface area contributed by atoms with Gasteiger partial charge in [0.15, 0.2) is 0 Å². The van der Waals surface area contributed by atoms with Crippen LogP contribution < -0.4 is 5.32 Å². The average Bonchev–Trinajstić information content (AvgIpc) is 1.60. The second-order valence-corrected chi connectivity index (χ2v) is 2.68. The molecule has 0 aromatic carbocycles. The van der Waals surface area contributed by atoms with Crippen LogP contribution in [0.2, 0.25) is 0 Å².